The fourth-order valence-electron chi connectivity index (χ4n) is 5.99. The van der Waals surface area contributed by atoms with Crippen LogP contribution in [0.5, 0.6) is 0 Å². The van der Waals surface area contributed by atoms with Gasteiger partial charge in [0.25, 0.3) is 0 Å². The van der Waals surface area contributed by atoms with Gasteiger partial charge >= 0.3 is 47.8 Å². The van der Waals surface area contributed by atoms with Gasteiger partial charge in [-0.2, -0.15) is 0 Å². The van der Waals surface area contributed by atoms with Crippen molar-refractivity contribution in [1.29, 1.82) is 0 Å². The summed E-state index contributed by atoms with van der Waals surface area (Å²) in [5, 5.41) is 78.8. The van der Waals surface area contributed by atoms with Crippen LogP contribution in [0.3, 0.4) is 0 Å². The summed E-state index contributed by atoms with van der Waals surface area (Å²) < 4.78 is 0. The molecule has 2 amide bonds. The molecule has 0 aliphatic rings. The van der Waals surface area contributed by atoms with Gasteiger partial charge in [-0.05, 0) is 12.8 Å². The Bertz CT molecular complexity index is 1330. The molecule has 10 N–H and O–H groups in total. The number of carbonyl (C=O) groups excluding carboxylic acids is 2. The molecule has 354 valence electrons. The number of nitrogens with one attached hydrogen (secondary N) is 2. The summed E-state index contributed by atoms with van der Waals surface area (Å²) in [6.07, 6.45) is 4.41. The first-order valence-electron chi connectivity index (χ1n) is 19.8. The second-order valence-corrected chi connectivity index (χ2v) is 14.4. The lowest BCUT2D eigenvalue weighted by Gasteiger charge is -2.27. The van der Waals surface area contributed by atoms with Crippen LogP contribution in [0.2, 0.25) is 0 Å². The second kappa shape index (κ2) is 33.1. The molecule has 62 heavy (non-hydrogen) atoms. The number of carbonyl (C=O) groups is 10. The average Bonchev–Trinajstić information content (AvgIpc) is 3.12. The van der Waals surface area contributed by atoms with E-state index in [2.05, 4.69) is 10.6 Å². The zero-order valence-electron chi connectivity index (χ0n) is 34.7. The minimum atomic E-state index is -1.26. The maximum absolute atomic E-state index is 12.6. The van der Waals surface area contributed by atoms with E-state index in [0.29, 0.717) is 25.9 Å². The molecule has 0 heterocycles. The van der Waals surface area contributed by atoms with Crippen LogP contribution in [0.4, 0.5) is 0 Å². The zero-order chi connectivity index (χ0) is 47.0. The minimum Gasteiger partial charge on any atom is -0.480 e. The van der Waals surface area contributed by atoms with Crippen LogP contribution in [0.1, 0.15) is 38.5 Å². The van der Waals surface area contributed by atoms with Crippen LogP contribution in [0.25, 0.3) is 0 Å². The van der Waals surface area contributed by atoms with Gasteiger partial charge in [-0.1, -0.05) is 25.7 Å². The van der Waals surface area contributed by atoms with E-state index in [9.17, 15) is 68.4 Å². The Balaban J connectivity index is 4.67. The van der Waals surface area contributed by atoms with Crippen LogP contribution in [0, 0.1) is 0 Å². The quantitative estimate of drug-likeness (QED) is 0.0262. The third kappa shape index (κ3) is 34.2. The molecule has 0 spiro atoms. The number of rotatable bonds is 41. The van der Waals surface area contributed by atoms with Crippen LogP contribution in [-0.2, 0) is 47.9 Å². The first kappa shape index (κ1) is 56.5. The molecule has 0 radical (unpaired) electrons. The van der Waals surface area contributed by atoms with Gasteiger partial charge in [0, 0.05) is 65.4 Å². The van der Waals surface area contributed by atoms with E-state index >= 15 is 0 Å². The van der Waals surface area contributed by atoms with Crippen LogP contribution in [-0.4, -0.2) is 261 Å². The third-order valence-corrected chi connectivity index (χ3v) is 8.78. The van der Waals surface area contributed by atoms with Gasteiger partial charge in [0.15, 0.2) is 0 Å². The summed E-state index contributed by atoms with van der Waals surface area (Å²) >= 11 is 0. The molecule has 26 heteroatoms. The zero-order valence-corrected chi connectivity index (χ0v) is 34.7. The number of amides is 2. The Morgan fingerprint density at radius 2 is 0.435 bits per heavy atom. The minimum absolute atomic E-state index is 0.00169. The van der Waals surface area contributed by atoms with E-state index in [4.69, 9.17) is 20.4 Å². The number of carboxylic acids is 8. The fourth-order valence-corrected chi connectivity index (χ4v) is 5.99. The van der Waals surface area contributed by atoms with Gasteiger partial charge in [-0.15, -0.1) is 0 Å². The van der Waals surface area contributed by atoms with Crippen LogP contribution in [0.15, 0.2) is 0 Å². The van der Waals surface area contributed by atoms with Gasteiger partial charge in [0.2, 0.25) is 11.8 Å². The highest BCUT2D eigenvalue weighted by Gasteiger charge is 2.21. The fraction of sp³-hybridized carbons (Fsp3) is 0.722. The standard InChI is InChI=1S/C36H62N8O18/c45-27(17-41(21-31(51)52)13-9-39(19-29(47)48)11-15-43(23-33(55)56)24-34(57)58)37-7-5-3-1-2-4-6-8-38-28(46)18-42(22-32(53)54)14-10-40(20-30(49)50)12-16-44(25-35(59)60)26-36(61)62/h1-26H2,(H,37,45)(H,38,46)(H,47,48)(H,49,50)(H,51,52)(H,53,54)(H,55,56)(H,57,58)(H,59,60)(H,61,62). The lowest BCUT2D eigenvalue weighted by molar-refractivity contribution is -0.144. The Morgan fingerprint density at radius 3 is 0.661 bits per heavy atom. The van der Waals surface area contributed by atoms with Crippen LogP contribution < -0.4 is 10.6 Å². The maximum Gasteiger partial charge on any atom is 0.317 e. The lowest BCUT2D eigenvalue weighted by atomic mass is 10.1. The predicted octanol–water partition coefficient (Wildman–Crippen LogP) is -3.95. The summed E-state index contributed by atoms with van der Waals surface area (Å²) in [6.45, 7) is -4.49. The van der Waals surface area contributed by atoms with Crippen molar-refractivity contribution >= 4 is 59.6 Å². The van der Waals surface area contributed by atoms with E-state index in [1.165, 1.54) is 19.6 Å². The number of unbranched alkanes of at least 4 members (excludes halogenated alkanes) is 5. The summed E-state index contributed by atoms with van der Waals surface area (Å²) in [5.41, 5.74) is 0. The summed E-state index contributed by atoms with van der Waals surface area (Å²) in [4.78, 5) is 123. The molecule has 26 nitrogen and oxygen atoms in total. The smallest absolute Gasteiger partial charge is 0.317 e. The number of nitrogens with zero attached hydrogens (tertiary/aromatic N) is 6. The van der Waals surface area contributed by atoms with Crippen molar-refractivity contribution in [3.63, 3.8) is 0 Å². The molecule has 0 rings (SSSR count). The summed E-state index contributed by atoms with van der Waals surface area (Å²) in [6, 6.07) is 0. The van der Waals surface area contributed by atoms with Crippen molar-refractivity contribution in [1.82, 2.24) is 40.0 Å². The van der Waals surface area contributed by atoms with Crippen molar-refractivity contribution in [2.75, 3.05) is 131 Å². The molecule has 0 fully saturated rings. The Morgan fingerprint density at radius 1 is 0.258 bits per heavy atom. The van der Waals surface area contributed by atoms with E-state index in [1.54, 1.807) is 0 Å². The SMILES string of the molecule is O=C(O)CN(CCN(CC(=O)O)CC(=O)O)CCN(CC(=O)O)CC(=O)NCCCCCCCCNC(=O)CN(CCN(CCN(CC(=O)O)CC(=O)O)CC(=O)O)CC(=O)O. The Kier molecular flexibility index (Phi) is 30.2. The van der Waals surface area contributed by atoms with Gasteiger partial charge in [-0.25, -0.2) is 0 Å². The number of carboxylic acid groups (broad SMARTS) is 8. The Hall–Kier alpha value is -5.54. The van der Waals surface area contributed by atoms with Gasteiger partial charge in [0.05, 0.1) is 65.4 Å². The number of hydrogen-bond acceptors (Lipinski definition) is 16. The van der Waals surface area contributed by atoms with E-state index < -0.39 is 112 Å². The molecular weight excluding hydrogens is 832 g/mol. The molecule has 0 atom stereocenters. The molecule has 0 aromatic rings. The summed E-state index contributed by atoms with van der Waals surface area (Å²) in [5.74, 6) is -10.8. The summed E-state index contributed by atoms with van der Waals surface area (Å²) in [7, 11) is 0. The molecule has 0 saturated carbocycles. The Labute approximate surface area is 357 Å². The lowest BCUT2D eigenvalue weighted by Crippen LogP contribution is -2.46. The van der Waals surface area contributed by atoms with E-state index in [1.807, 2.05) is 0 Å². The highest BCUT2D eigenvalue weighted by atomic mass is 16.4. The molecule has 0 aromatic heterocycles. The van der Waals surface area contributed by atoms with Crippen molar-refractivity contribution in [2.24, 2.45) is 0 Å². The number of hydrogen-bond donors (Lipinski definition) is 10. The van der Waals surface area contributed by atoms with Gasteiger partial charge in [0.1, 0.15) is 0 Å². The average molecular weight is 895 g/mol. The predicted molar refractivity (Wildman–Crippen MR) is 213 cm³/mol. The van der Waals surface area contributed by atoms with E-state index in [-0.39, 0.29) is 65.4 Å². The normalized spacial score (nSPS) is 11.4. The molecule has 0 aromatic carbocycles. The van der Waals surface area contributed by atoms with Crippen molar-refractivity contribution in [3.05, 3.63) is 0 Å². The molecule has 0 bridgehead atoms. The van der Waals surface area contributed by atoms with Crippen molar-refractivity contribution < 1.29 is 88.8 Å². The molecule has 0 unspecified atom stereocenters. The van der Waals surface area contributed by atoms with E-state index in [0.717, 1.165) is 35.5 Å². The highest BCUT2D eigenvalue weighted by Crippen LogP contribution is 2.05. The monoisotopic (exact) mass is 894 g/mol. The molecule has 0 saturated heterocycles. The molecular formula is C36H62N8O18. The largest absolute Gasteiger partial charge is 0.480 e. The highest BCUT2D eigenvalue weighted by molar-refractivity contribution is 5.79. The topological polar surface area (TPSA) is 376 Å². The van der Waals surface area contributed by atoms with Crippen molar-refractivity contribution in [3.8, 4) is 0 Å². The van der Waals surface area contributed by atoms with Crippen molar-refractivity contribution in [2.45, 2.75) is 38.5 Å². The first-order chi connectivity index (χ1) is 29.1. The van der Waals surface area contributed by atoms with Gasteiger partial charge < -0.3 is 51.5 Å². The van der Waals surface area contributed by atoms with Gasteiger partial charge in [-0.3, -0.25) is 77.3 Å². The second-order valence-electron chi connectivity index (χ2n) is 14.4. The first-order valence-corrected chi connectivity index (χ1v) is 19.8. The van der Waals surface area contributed by atoms with Crippen LogP contribution >= 0.6 is 0 Å². The number of aliphatic carboxylic acids is 8. The molecule has 0 aliphatic carbocycles. The maximum atomic E-state index is 12.6. The molecule has 0 aliphatic heterocycles. The third-order valence-electron chi connectivity index (χ3n) is 8.78.